The molecule has 0 N–H and O–H groups in total. The summed E-state index contributed by atoms with van der Waals surface area (Å²) in [4.78, 5) is 11.5. The number of aromatic nitrogens is 4. The molecule has 1 aliphatic heterocycles. The van der Waals surface area contributed by atoms with Crippen molar-refractivity contribution in [3.63, 3.8) is 0 Å². The number of likely N-dealkylation sites (tertiary alicyclic amines) is 1. The predicted molar refractivity (Wildman–Crippen MR) is 128 cm³/mol. The molecule has 5 nitrogen and oxygen atoms in total. The van der Waals surface area contributed by atoms with Crippen LogP contribution in [0.25, 0.3) is 22.8 Å². The van der Waals surface area contributed by atoms with E-state index in [0.29, 0.717) is 29.7 Å². The summed E-state index contributed by atoms with van der Waals surface area (Å²) in [6, 6.07) is 18.3. The van der Waals surface area contributed by atoms with Crippen molar-refractivity contribution in [3.05, 3.63) is 103 Å². The first-order valence-corrected chi connectivity index (χ1v) is 11.4. The molecule has 0 aliphatic carbocycles. The number of hydrogen-bond donors (Lipinski definition) is 0. The highest BCUT2D eigenvalue weighted by atomic mass is 19.1. The van der Waals surface area contributed by atoms with Crippen LogP contribution in [0.1, 0.15) is 24.5 Å². The van der Waals surface area contributed by atoms with E-state index in [1.165, 1.54) is 24.3 Å². The van der Waals surface area contributed by atoms with Gasteiger partial charge in [-0.05, 0) is 73.5 Å². The molecule has 2 aromatic carbocycles. The largest absolute Gasteiger partial charge is 0.374 e. The highest BCUT2D eigenvalue weighted by molar-refractivity contribution is 5.61. The standard InChI is InChI=1S/C27H25F2N5/c1-19(33-16-13-20(14-17-33)25-4-2-3-15-30-25)18-34-27(22-7-11-24(29)12-8-22)31-26(32-34)21-5-9-23(28)10-6-21/h2-12,15,20H,1,13-14,16-18H2. The molecule has 1 aliphatic rings. The van der Waals surface area contributed by atoms with Crippen LogP contribution in [-0.4, -0.2) is 37.7 Å². The molecule has 0 unspecified atom stereocenters. The highest BCUT2D eigenvalue weighted by Gasteiger charge is 2.23. The molecule has 0 radical (unpaired) electrons. The van der Waals surface area contributed by atoms with Gasteiger partial charge >= 0.3 is 0 Å². The van der Waals surface area contributed by atoms with Gasteiger partial charge in [0.2, 0.25) is 0 Å². The van der Waals surface area contributed by atoms with Gasteiger partial charge in [0.25, 0.3) is 0 Å². The van der Waals surface area contributed by atoms with Crippen molar-refractivity contribution < 1.29 is 8.78 Å². The lowest BCUT2D eigenvalue weighted by atomic mass is 9.93. The Kier molecular flexibility index (Phi) is 6.16. The minimum absolute atomic E-state index is 0.311. The van der Waals surface area contributed by atoms with Gasteiger partial charge in [0.1, 0.15) is 11.6 Å². The second-order valence-corrected chi connectivity index (χ2v) is 8.51. The minimum Gasteiger partial charge on any atom is -0.374 e. The summed E-state index contributed by atoms with van der Waals surface area (Å²) in [5, 5.41) is 4.70. The normalized spacial score (nSPS) is 14.4. The molecule has 0 bridgehead atoms. The van der Waals surface area contributed by atoms with Crippen LogP contribution in [0.2, 0.25) is 0 Å². The summed E-state index contributed by atoms with van der Waals surface area (Å²) in [6.07, 6.45) is 3.87. The lowest BCUT2D eigenvalue weighted by Crippen LogP contribution is -2.33. The second-order valence-electron chi connectivity index (χ2n) is 8.51. The van der Waals surface area contributed by atoms with Crippen molar-refractivity contribution >= 4 is 0 Å². The van der Waals surface area contributed by atoms with E-state index >= 15 is 0 Å². The smallest absolute Gasteiger partial charge is 0.181 e. The van der Waals surface area contributed by atoms with Crippen molar-refractivity contribution in [2.75, 3.05) is 13.1 Å². The van der Waals surface area contributed by atoms with Gasteiger partial charge in [-0.3, -0.25) is 4.98 Å². The van der Waals surface area contributed by atoms with Gasteiger partial charge in [-0.25, -0.2) is 18.4 Å². The third-order valence-corrected chi connectivity index (χ3v) is 6.26. The molecule has 2 aromatic heterocycles. The van der Waals surface area contributed by atoms with Gasteiger partial charge in [0.05, 0.1) is 6.54 Å². The number of pyridine rings is 1. The van der Waals surface area contributed by atoms with Gasteiger partial charge < -0.3 is 4.90 Å². The topological polar surface area (TPSA) is 46.8 Å². The number of nitrogens with zero attached hydrogens (tertiary/aromatic N) is 5. The Morgan fingerprint density at radius 3 is 2.15 bits per heavy atom. The third-order valence-electron chi connectivity index (χ3n) is 6.26. The predicted octanol–water partition coefficient (Wildman–Crippen LogP) is 5.68. The van der Waals surface area contributed by atoms with Gasteiger partial charge in [-0.15, -0.1) is 0 Å². The van der Waals surface area contributed by atoms with Crippen LogP contribution >= 0.6 is 0 Å². The van der Waals surface area contributed by atoms with Gasteiger partial charge in [-0.2, -0.15) is 5.10 Å². The molecule has 3 heterocycles. The molecular formula is C27H25F2N5. The zero-order chi connectivity index (χ0) is 23.5. The number of hydrogen-bond acceptors (Lipinski definition) is 4. The van der Waals surface area contributed by atoms with Crippen LogP contribution in [0.5, 0.6) is 0 Å². The monoisotopic (exact) mass is 457 g/mol. The first-order chi connectivity index (χ1) is 16.6. The Labute approximate surface area is 197 Å². The molecule has 1 fully saturated rings. The number of rotatable bonds is 6. The van der Waals surface area contributed by atoms with E-state index in [1.807, 2.05) is 18.3 Å². The number of halogens is 2. The first-order valence-electron chi connectivity index (χ1n) is 11.4. The van der Waals surface area contributed by atoms with E-state index in [1.54, 1.807) is 28.9 Å². The van der Waals surface area contributed by atoms with Crippen LogP contribution < -0.4 is 0 Å². The van der Waals surface area contributed by atoms with Crippen LogP contribution in [0.15, 0.2) is 85.2 Å². The Balaban J connectivity index is 1.36. The molecule has 0 atom stereocenters. The lowest BCUT2D eigenvalue weighted by Gasteiger charge is -2.34. The summed E-state index contributed by atoms with van der Waals surface area (Å²) in [6.45, 7) is 6.57. The molecule has 5 rings (SSSR count). The summed E-state index contributed by atoms with van der Waals surface area (Å²) in [7, 11) is 0. The lowest BCUT2D eigenvalue weighted by molar-refractivity contribution is 0.250. The summed E-state index contributed by atoms with van der Waals surface area (Å²) in [5.74, 6) is 0.930. The third kappa shape index (κ3) is 4.73. The van der Waals surface area contributed by atoms with Crippen molar-refractivity contribution in [3.8, 4) is 22.8 Å². The Bertz CT molecular complexity index is 1260. The zero-order valence-electron chi connectivity index (χ0n) is 18.7. The molecule has 172 valence electrons. The fourth-order valence-corrected chi connectivity index (χ4v) is 4.37. The minimum atomic E-state index is -0.315. The average molecular weight is 458 g/mol. The van der Waals surface area contributed by atoms with E-state index in [-0.39, 0.29) is 11.6 Å². The van der Waals surface area contributed by atoms with Crippen LogP contribution in [0, 0.1) is 11.6 Å². The van der Waals surface area contributed by atoms with Crippen molar-refractivity contribution in [2.45, 2.75) is 25.3 Å². The molecular weight excluding hydrogens is 432 g/mol. The van der Waals surface area contributed by atoms with E-state index in [2.05, 4.69) is 22.5 Å². The summed E-state index contributed by atoms with van der Waals surface area (Å²) >= 11 is 0. The Hall–Kier alpha value is -3.87. The molecule has 1 saturated heterocycles. The summed E-state index contributed by atoms with van der Waals surface area (Å²) in [5.41, 5.74) is 3.55. The van der Waals surface area contributed by atoms with E-state index in [0.717, 1.165) is 42.9 Å². The van der Waals surface area contributed by atoms with Crippen LogP contribution in [0.3, 0.4) is 0 Å². The maximum atomic E-state index is 13.5. The van der Waals surface area contributed by atoms with Gasteiger partial charge in [0, 0.05) is 47.7 Å². The van der Waals surface area contributed by atoms with Gasteiger partial charge in [-0.1, -0.05) is 12.6 Å². The summed E-state index contributed by atoms with van der Waals surface area (Å²) < 4.78 is 28.7. The van der Waals surface area contributed by atoms with E-state index in [9.17, 15) is 8.78 Å². The Morgan fingerprint density at radius 2 is 1.53 bits per heavy atom. The molecule has 4 aromatic rings. The van der Waals surface area contributed by atoms with Crippen molar-refractivity contribution in [2.24, 2.45) is 0 Å². The maximum Gasteiger partial charge on any atom is 0.181 e. The molecule has 0 saturated carbocycles. The Morgan fingerprint density at radius 1 is 0.882 bits per heavy atom. The molecule has 34 heavy (non-hydrogen) atoms. The van der Waals surface area contributed by atoms with Crippen molar-refractivity contribution in [1.29, 1.82) is 0 Å². The molecule has 0 spiro atoms. The fraction of sp³-hybridized carbons (Fsp3) is 0.222. The molecule has 7 heteroatoms. The maximum absolute atomic E-state index is 13.5. The quantitative estimate of drug-likeness (QED) is 0.374. The van der Waals surface area contributed by atoms with Gasteiger partial charge in [0.15, 0.2) is 11.6 Å². The van der Waals surface area contributed by atoms with E-state index in [4.69, 9.17) is 10.1 Å². The average Bonchev–Trinajstić information content (AvgIpc) is 3.29. The number of piperidine rings is 1. The molecule has 0 amide bonds. The van der Waals surface area contributed by atoms with Crippen molar-refractivity contribution in [1.82, 2.24) is 24.6 Å². The fourth-order valence-electron chi connectivity index (χ4n) is 4.37. The van der Waals surface area contributed by atoms with Crippen LogP contribution in [-0.2, 0) is 6.54 Å². The first kappa shape index (κ1) is 21.9. The van der Waals surface area contributed by atoms with Crippen LogP contribution in [0.4, 0.5) is 8.78 Å². The number of allylic oxidation sites excluding steroid dienone is 1. The SMILES string of the molecule is C=C(Cn1nc(-c2ccc(F)cc2)nc1-c1ccc(F)cc1)N1CCC(c2ccccn2)CC1. The second kappa shape index (κ2) is 9.55. The zero-order valence-corrected chi connectivity index (χ0v) is 18.7. The van der Waals surface area contributed by atoms with E-state index < -0.39 is 0 Å². The number of benzene rings is 2. The highest BCUT2D eigenvalue weighted by Crippen LogP contribution is 2.29.